The second kappa shape index (κ2) is 11.5. The van der Waals surface area contributed by atoms with Crippen LogP contribution in [-0.4, -0.2) is 43.6 Å². The number of carbonyl (C=O) groups excluding carboxylic acids is 4. The molecule has 1 aliphatic rings. The monoisotopic (exact) mass is 482 g/mol. The molecule has 178 valence electrons. The average Bonchev–Trinajstić information content (AvgIpc) is 2.73. The SMILES string of the molecule is CCOC(=O)C1=C(C)NC(C)=C(C(=O)OCC)C1C(=O)OCC(=O)Nc1ccc(F)cc1Cl. The number of hydrogen-bond donors (Lipinski definition) is 2. The number of dihydropyridines is 1. The van der Waals surface area contributed by atoms with Crippen molar-refractivity contribution in [3.63, 3.8) is 0 Å². The van der Waals surface area contributed by atoms with E-state index in [0.717, 1.165) is 12.1 Å². The predicted molar refractivity (Wildman–Crippen MR) is 116 cm³/mol. The standard InChI is InChI=1S/C22H24ClFN2O7/c1-5-31-20(28)17-11(3)25-12(4)18(21(29)32-6-2)19(17)22(30)33-10-16(27)26-15-8-7-13(24)9-14(15)23/h7-9,19,25H,5-6,10H2,1-4H3,(H,26,27). The second-order valence-electron chi connectivity index (χ2n) is 6.86. The molecule has 0 saturated carbocycles. The van der Waals surface area contributed by atoms with Gasteiger partial charge in [0.25, 0.3) is 5.91 Å². The highest BCUT2D eigenvalue weighted by Gasteiger charge is 2.42. The Hall–Kier alpha value is -3.40. The molecule has 2 rings (SSSR count). The van der Waals surface area contributed by atoms with Crippen molar-refractivity contribution in [3.05, 3.63) is 51.6 Å². The average molecular weight is 483 g/mol. The van der Waals surface area contributed by atoms with Gasteiger partial charge in [0.2, 0.25) is 0 Å². The third kappa shape index (κ3) is 6.32. The number of allylic oxidation sites excluding steroid dienone is 2. The molecule has 11 heteroatoms. The van der Waals surface area contributed by atoms with Gasteiger partial charge in [-0.1, -0.05) is 11.6 Å². The first kappa shape index (κ1) is 25.9. The quantitative estimate of drug-likeness (QED) is 0.428. The van der Waals surface area contributed by atoms with Gasteiger partial charge < -0.3 is 24.8 Å². The number of amides is 1. The third-order valence-electron chi connectivity index (χ3n) is 4.54. The Morgan fingerprint density at radius 2 is 1.55 bits per heavy atom. The van der Waals surface area contributed by atoms with E-state index in [9.17, 15) is 23.6 Å². The van der Waals surface area contributed by atoms with E-state index in [1.165, 1.54) is 6.07 Å². The molecule has 0 radical (unpaired) electrons. The molecule has 0 unspecified atom stereocenters. The maximum Gasteiger partial charge on any atom is 0.337 e. The summed E-state index contributed by atoms with van der Waals surface area (Å²) in [5, 5.41) is 5.22. The van der Waals surface area contributed by atoms with Crippen LogP contribution in [0.2, 0.25) is 5.02 Å². The van der Waals surface area contributed by atoms with Gasteiger partial charge in [-0.25, -0.2) is 14.0 Å². The van der Waals surface area contributed by atoms with Gasteiger partial charge in [0.1, 0.15) is 11.7 Å². The first-order chi connectivity index (χ1) is 15.6. The van der Waals surface area contributed by atoms with E-state index in [1.54, 1.807) is 27.7 Å². The molecule has 1 heterocycles. The maximum absolute atomic E-state index is 13.2. The van der Waals surface area contributed by atoms with Crippen molar-refractivity contribution in [3.8, 4) is 0 Å². The molecule has 0 atom stereocenters. The van der Waals surface area contributed by atoms with Crippen LogP contribution in [0, 0.1) is 11.7 Å². The highest BCUT2D eigenvalue weighted by atomic mass is 35.5. The normalized spacial score (nSPS) is 13.9. The fourth-order valence-electron chi connectivity index (χ4n) is 3.19. The van der Waals surface area contributed by atoms with Crippen molar-refractivity contribution in [2.75, 3.05) is 25.1 Å². The lowest BCUT2D eigenvalue weighted by Gasteiger charge is -2.28. The topological polar surface area (TPSA) is 120 Å². The van der Waals surface area contributed by atoms with Gasteiger partial charge in [0.05, 0.1) is 35.1 Å². The van der Waals surface area contributed by atoms with Crippen molar-refractivity contribution in [2.45, 2.75) is 27.7 Å². The summed E-state index contributed by atoms with van der Waals surface area (Å²) in [4.78, 5) is 50.4. The van der Waals surface area contributed by atoms with Gasteiger partial charge in [-0.3, -0.25) is 9.59 Å². The Bertz CT molecular complexity index is 996. The van der Waals surface area contributed by atoms with Crippen molar-refractivity contribution in [2.24, 2.45) is 5.92 Å². The third-order valence-corrected chi connectivity index (χ3v) is 4.85. The van der Waals surface area contributed by atoms with Crippen LogP contribution in [0.5, 0.6) is 0 Å². The molecular weight excluding hydrogens is 459 g/mol. The first-order valence-electron chi connectivity index (χ1n) is 10.0. The molecule has 1 aromatic rings. The van der Waals surface area contributed by atoms with Crippen LogP contribution in [0.3, 0.4) is 0 Å². The number of hydrogen-bond acceptors (Lipinski definition) is 8. The molecule has 0 spiro atoms. The molecular formula is C22H24ClFN2O7. The number of esters is 3. The van der Waals surface area contributed by atoms with Crippen molar-refractivity contribution < 1.29 is 37.8 Å². The van der Waals surface area contributed by atoms with Crippen LogP contribution in [0.25, 0.3) is 0 Å². The van der Waals surface area contributed by atoms with Crippen LogP contribution in [0.4, 0.5) is 10.1 Å². The molecule has 33 heavy (non-hydrogen) atoms. The Kier molecular flexibility index (Phi) is 8.98. The summed E-state index contributed by atoms with van der Waals surface area (Å²) in [6.07, 6.45) is 0. The number of benzene rings is 1. The molecule has 1 aromatic carbocycles. The van der Waals surface area contributed by atoms with E-state index in [0.29, 0.717) is 11.4 Å². The number of anilines is 1. The number of ether oxygens (including phenoxy) is 3. The Labute approximate surface area is 194 Å². The summed E-state index contributed by atoms with van der Waals surface area (Å²) in [6.45, 7) is 5.60. The van der Waals surface area contributed by atoms with Gasteiger partial charge in [-0.2, -0.15) is 0 Å². The molecule has 0 fully saturated rings. The zero-order valence-corrected chi connectivity index (χ0v) is 19.3. The highest BCUT2D eigenvalue weighted by molar-refractivity contribution is 6.33. The smallest absolute Gasteiger partial charge is 0.337 e. The Morgan fingerprint density at radius 1 is 1.00 bits per heavy atom. The minimum atomic E-state index is -1.47. The lowest BCUT2D eigenvalue weighted by Crippen LogP contribution is -2.39. The summed E-state index contributed by atoms with van der Waals surface area (Å²) in [7, 11) is 0. The summed E-state index contributed by atoms with van der Waals surface area (Å²) in [5.41, 5.74) is 0.453. The van der Waals surface area contributed by atoms with Crippen LogP contribution in [0.15, 0.2) is 40.7 Å². The summed E-state index contributed by atoms with van der Waals surface area (Å²) < 4.78 is 28.4. The molecule has 2 N–H and O–H groups in total. The molecule has 0 saturated heterocycles. The highest BCUT2D eigenvalue weighted by Crippen LogP contribution is 2.32. The van der Waals surface area contributed by atoms with E-state index < -0.39 is 42.2 Å². The van der Waals surface area contributed by atoms with Crippen LogP contribution in [-0.2, 0) is 33.4 Å². The zero-order chi connectivity index (χ0) is 24.7. The lowest BCUT2D eigenvalue weighted by atomic mass is 9.85. The molecule has 1 amide bonds. The van der Waals surface area contributed by atoms with Gasteiger partial charge in [0.15, 0.2) is 6.61 Å². The lowest BCUT2D eigenvalue weighted by molar-refractivity contribution is -0.153. The summed E-state index contributed by atoms with van der Waals surface area (Å²) >= 11 is 5.87. The van der Waals surface area contributed by atoms with Gasteiger partial charge in [-0.15, -0.1) is 0 Å². The van der Waals surface area contributed by atoms with E-state index in [1.807, 2.05) is 0 Å². The first-order valence-corrected chi connectivity index (χ1v) is 10.4. The van der Waals surface area contributed by atoms with Crippen molar-refractivity contribution in [1.29, 1.82) is 0 Å². The van der Waals surface area contributed by atoms with Crippen molar-refractivity contribution in [1.82, 2.24) is 5.32 Å². The fraction of sp³-hybridized carbons (Fsp3) is 0.364. The largest absolute Gasteiger partial charge is 0.463 e. The Balaban J connectivity index is 2.26. The molecule has 0 bridgehead atoms. The van der Waals surface area contributed by atoms with Gasteiger partial charge in [-0.05, 0) is 45.9 Å². The minimum Gasteiger partial charge on any atom is -0.463 e. The fourth-order valence-corrected chi connectivity index (χ4v) is 3.40. The van der Waals surface area contributed by atoms with Gasteiger partial charge in [0, 0.05) is 11.4 Å². The Morgan fingerprint density at radius 3 is 2.03 bits per heavy atom. The van der Waals surface area contributed by atoms with Crippen LogP contribution in [0.1, 0.15) is 27.7 Å². The predicted octanol–water partition coefficient (Wildman–Crippen LogP) is 2.85. The van der Waals surface area contributed by atoms with Crippen LogP contribution >= 0.6 is 11.6 Å². The summed E-state index contributed by atoms with van der Waals surface area (Å²) in [5.74, 6) is -5.48. The van der Waals surface area contributed by atoms with Gasteiger partial charge >= 0.3 is 17.9 Å². The van der Waals surface area contributed by atoms with E-state index >= 15 is 0 Å². The molecule has 0 aromatic heterocycles. The van der Waals surface area contributed by atoms with E-state index in [2.05, 4.69) is 10.6 Å². The maximum atomic E-state index is 13.2. The van der Waals surface area contributed by atoms with E-state index in [-0.39, 0.29) is 35.1 Å². The summed E-state index contributed by atoms with van der Waals surface area (Å²) in [6, 6.07) is 3.36. The van der Waals surface area contributed by atoms with E-state index in [4.69, 9.17) is 25.8 Å². The van der Waals surface area contributed by atoms with Crippen molar-refractivity contribution >= 4 is 41.1 Å². The second-order valence-corrected chi connectivity index (χ2v) is 7.26. The number of rotatable bonds is 8. The molecule has 1 aliphatic heterocycles. The zero-order valence-electron chi connectivity index (χ0n) is 18.5. The minimum absolute atomic E-state index is 0.0374. The number of nitrogens with one attached hydrogen (secondary N) is 2. The number of carbonyl (C=O) groups is 4. The molecule has 9 nitrogen and oxygen atoms in total. The molecule has 0 aliphatic carbocycles. The van der Waals surface area contributed by atoms with Crippen LogP contribution < -0.4 is 10.6 Å². The number of halogens is 2.